The van der Waals surface area contributed by atoms with Crippen LogP contribution in [-0.2, 0) is 0 Å². The summed E-state index contributed by atoms with van der Waals surface area (Å²) in [5.41, 5.74) is 0. The topological polar surface area (TPSA) is 15.6 Å². The van der Waals surface area contributed by atoms with Gasteiger partial charge in [0, 0.05) is 20.1 Å². The SMILES string of the molecule is CC1=NCCCN1C. The Kier molecular flexibility index (Phi) is 1.51. The Morgan fingerprint density at radius 2 is 2.38 bits per heavy atom. The van der Waals surface area contributed by atoms with Gasteiger partial charge in [0.2, 0.25) is 0 Å². The van der Waals surface area contributed by atoms with Crippen LogP contribution < -0.4 is 0 Å². The summed E-state index contributed by atoms with van der Waals surface area (Å²) in [5, 5.41) is 0. The molecule has 0 unspecified atom stereocenters. The molecule has 0 bridgehead atoms. The molecule has 2 nitrogen and oxygen atoms in total. The van der Waals surface area contributed by atoms with Crippen LogP contribution in [0.1, 0.15) is 13.3 Å². The maximum absolute atomic E-state index is 4.25. The largest absolute Gasteiger partial charge is 0.364 e. The van der Waals surface area contributed by atoms with Crippen molar-refractivity contribution in [1.29, 1.82) is 0 Å². The van der Waals surface area contributed by atoms with Crippen molar-refractivity contribution in [2.75, 3.05) is 20.1 Å². The molecule has 46 valence electrons. The highest BCUT2D eigenvalue weighted by Crippen LogP contribution is 1.97. The first-order chi connectivity index (χ1) is 3.80. The summed E-state index contributed by atoms with van der Waals surface area (Å²) in [6.45, 7) is 4.25. The van der Waals surface area contributed by atoms with Crippen molar-refractivity contribution in [2.45, 2.75) is 13.3 Å². The zero-order valence-electron chi connectivity index (χ0n) is 5.52. The van der Waals surface area contributed by atoms with E-state index in [1.54, 1.807) is 0 Å². The van der Waals surface area contributed by atoms with Crippen LogP contribution in [0.4, 0.5) is 0 Å². The van der Waals surface area contributed by atoms with E-state index in [1.807, 2.05) is 0 Å². The fourth-order valence-corrected chi connectivity index (χ4v) is 0.831. The van der Waals surface area contributed by atoms with Crippen molar-refractivity contribution in [3.05, 3.63) is 0 Å². The number of nitrogens with zero attached hydrogens (tertiary/aromatic N) is 2. The van der Waals surface area contributed by atoms with E-state index in [0.717, 1.165) is 6.54 Å². The maximum atomic E-state index is 4.25. The van der Waals surface area contributed by atoms with Gasteiger partial charge in [0.05, 0.1) is 5.84 Å². The second-order valence-corrected chi connectivity index (χ2v) is 2.20. The minimum absolute atomic E-state index is 1.02. The summed E-state index contributed by atoms with van der Waals surface area (Å²) >= 11 is 0. The van der Waals surface area contributed by atoms with Crippen molar-refractivity contribution in [1.82, 2.24) is 4.90 Å². The van der Waals surface area contributed by atoms with E-state index in [-0.39, 0.29) is 0 Å². The van der Waals surface area contributed by atoms with Crippen LogP contribution in [0.5, 0.6) is 0 Å². The Labute approximate surface area is 50.2 Å². The fourth-order valence-electron chi connectivity index (χ4n) is 0.831. The van der Waals surface area contributed by atoms with E-state index in [9.17, 15) is 0 Å². The Bertz CT molecular complexity index is 107. The molecule has 0 aromatic carbocycles. The van der Waals surface area contributed by atoms with Gasteiger partial charge in [-0.25, -0.2) is 0 Å². The van der Waals surface area contributed by atoms with Crippen LogP contribution in [0.2, 0.25) is 0 Å². The van der Waals surface area contributed by atoms with Gasteiger partial charge in [-0.15, -0.1) is 0 Å². The van der Waals surface area contributed by atoms with Gasteiger partial charge >= 0.3 is 0 Å². The fraction of sp³-hybridized carbons (Fsp3) is 0.833. The van der Waals surface area contributed by atoms with Gasteiger partial charge in [0.25, 0.3) is 0 Å². The molecule has 8 heavy (non-hydrogen) atoms. The molecule has 0 amide bonds. The number of hydrogen-bond acceptors (Lipinski definition) is 2. The monoisotopic (exact) mass is 112 g/mol. The number of amidine groups is 1. The first-order valence-corrected chi connectivity index (χ1v) is 3.03. The molecule has 0 saturated carbocycles. The van der Waals surface area contributed by atoms with E-state index in [0.29, 0.717) is 0 Å². The third kappa shape index (κ3) is 0.997. The smallest absolute Gasteiger partial charge is 0.0954 e. The molecule has 0 N–H and O–H groups in total. The lowest BCUT2D eigenvalue weighted by Gasteiger charge is -2.21. The Balaban J connectivity index is 2.53. The van der Waals surface area contributed by atoms with E-state index >= 15 is 0 Å². The van der Waals surface area contributed by atoms with Crippen LogP contribution in [0.25, 0.3) is 0 Å². The van der Waals surface area contributed by atoms with Crippen LogP contribution in [-0.4, -0.2) is 30.9 Å². The molecule has 2 heteroatoms. The van der Waals surface area contributed by atoms with Gasteiger partial charge < -0.3 is 4.90 Å². The molecule has 1 aliphatic rings. The van der Waals surface area contributed by atoms with E-state index in [1.165, 1.54) is 18.8 Å². The lowest BCUT2D eigenvalue weighted by atomic mass is 10.3. The van der Waals surface area contributed by atoms with Crippen molar-refractivity contribution < 1.29 is 0 Å². The Morgan fingerprint density at radius 1 is 1.62 bits per heavy atom. The molecule has 1 rings (SSSR count). The molecule has 0 atom stereocenters. The quantitative estimate of drug-likeness (QED) is 0.451. The average Bonchev–Trinajstić information content (AvgIpc) is 1.77. The summed E-state index contributed by atoms with van der Waals surface area (Å²) in [5.74, 6) is 1.18. The second-order valence-electron chi connectivity index (χ2n) is 2.20. The van der Waals surface area contributed by atoms with Gasteiger partial charge in [-0.05, 0) is 13.3 Å². The molecule has 0 saturated heterocycles. The Hall–Kier alpha value is -0.530. The van der Waals surface area contributed by atoms with Crippen LogP contribution in [0.15, 0.2) is 4.99 Å². The lowest BCUT2D eigenvalue weighted by molar-refractivity contribution is 0.464. The summed E-state index contributed by atoms with van der Waals surface area (Å²) in [6.07, 6.45) is 1.22. The van der Waals surface area contributed by atoms with Gasteiger partial charge in [0.15, 0.2) is 0 Å². The van der Waals surface area contributed by atoms with E-state index in [2.05, 4.69) is 23.9 Å². The number of hydrogen-bond donors (Lipinski definition) is 0. The highest BCUT2D eigenvalue weighted by atomic mass is 15.2. The highest BCUT2D eigenvalue weighted by molar-refractivity contribution is 5.79. The zero-order chi connectivity index (χ0) is 5.98. The lowest BCUT2D eigenvalue weighted by Crippen LogP contribution is -2.29. The zero-order valence-corrected chi connectivity index (χ0v) is 5.52. The number of aliphatic imine (C=N–C) groups is 1. The van der Waals surface area contributed by atoms with Gasteiger partial charge in [-0.3, -0.25) is 4.99 Å². The molecule has 0 radical (unpaired) electrons. The summed E-state index contributed by atoms with van der Waals surface area (Å²) in [7, 11) is 2.08. The van der Waals surface area contributed by atoms with Crippen molar-refractivity contribution >= 4 is 5.84 Å². The standard InChI is InChI=1S/C6H12N2/c1-6-7-4-3-5-8(6)2/h3-5H2,1-2H3. The minimum atomic E-state index is 1.02. The molecular weight excluding hydrogens is 100 g/mol. The first-order valence-electron chi connectivity index (χ1n) is 3.03. The molecule has 1 aliphatic heterocycles. The molecule has 0 spiro atoms. The van der Waals surface area contributed by atoms with E-state index in [4.69, 9.17) is 0 Å². The molecular formula is C6H12N2. The van der Waals surface area contributed by atoms with Crippen LogP contribution in [0.3, 0.4) is 0 Å². The first kappa shape index (κ1) is 5.60. The van der Waals surface area contributed by atoms with Crippen molar-refractivity contribution in [2.24, 2.45) is 4.99 Å². The molecule has 0 aliphatic carbocycles. The predicted molar refractivity (Wildman–Crippen MR) is 35.2 cm³/mol. The maximum Gasteiger partial charge on any atom is 0.0954 e. The predicted octanol–water partition coefficient (Wildman–Crippen LogP) is 0.740. The van der Waals surface area contributed by atoms with Crippen LogP contribution >= 0.6 is 0 Å². The van der Waals surface area contributed by atoms with Crippen molar-refractivity contribution in [3.8, 4) is 0 Å². The van der Waals surface area contributed by atoms with Gasteiger partial charge in [-0.2, -0.15) is 0 Å². The minimum Gasteiger partial charge on any atom is -0.364 e. The van der Waals surface area contributed by atoms with Gasteiger partial charge in [-0.1, -0.05) is 0 Å². The normalized spacial score (nSPS) is 20.8. The van der Waals surface area contributed by atoms with E-state index < -0.39 is 0 Å². The van der Waals surface area contributed by atoms with Crippen LogP contribution in [0, 0.1) is 0 Å². The summed E-state index contributed by atoms with van der Waals surface area (Å²) < 4.78 is 0. The second kappa shape index (κ2) is 2.16. The highest BCUT2D eigenvalue weighted by Gasteiger charge is 2.03. The van der Waals surface area contributed by atoms with Gasteiger partial charge in [0.1, 0.15) is 0 Å². The third-order valence-electron chi connectivity index (χ3n) is 1.54. The molecule has 0 aromatic heterocycles. The average molecular weight is 112 g/mol. The molecule has 0 fully saturated rings. The molecule has 1 heterocycles. The number of rotatable bonds is 0. The Morgan fingerprint density at radius 3 is 2.75 bits per heavy atom. The molecule has 0 aromatic rings. The third-order valence-corrected chi connectivity index (χ3v) is 1.54. The summed E-state index contributed by atoms with van der Waals surface area (Å²) in [6, 6.07) is 0. The van der Waals surface area contributed by atoms with Crippen molar-refractivity contribution in [3.63, 3.8) is 0 Å². The summed E-state index contributed by atoms with van der Waals surface area (Å²) in [4.78, 5) is 6.44.